The molecule has 11 heteroatoms. The van der Waals surface area contributed by atoms with Crippen molar-refractivity contribution >= 4 is 28.4 Å². The Morgan fingerprint density at radius 1 is 1.03 bits per heavy atom. The van der Waals surface area contributed by atoms with E-state index in [2.05, 4.69) is 10.00 Å². The molecule has 208 valence electrons. The molecule has 1 N–H and O–H groups in total. The Morgan fingerprint density at radius 2 is 1.72 bits per heavy atom. The number of aromatic nitrogens is 2. The van der Waals surface area contributed by atoms with Gasteiger partial charge in [-0.2, -0.15) is 18.3 Å². The average molecular weight is 544 g/mol. The van der Waals surface area contributed by atoms with Crippen LogP contribution >= 0.6 is 0 Å². The summed E-state index contributed by atoms with van der Waals surface area (Å²) in [4.78, 5) is 29.5. The van der Waals surface area contributed by atoms with Gasteiger partial charge in [0, 0.05) is 61.1 Å². The second-order valence-electron chi connectivity index (χ2n) is 10.2. The van der Waals surface area contributed by atoms with E-state index in [1.165, 1.54) is 6.07 Å². The van der Waals surface area contributed by atoms with E-state index >= 15 is 0 Å². The number of benzene rings is 2. The highest BCUT2D eigenvalue weighted by Gasteiger charge is 2.29. The SMILES string of the molecule is Cc1c(C(=O)NCC(F)(F)F)ccc2nn(CC3CCN(C(=O)c4ccc(N5CCOCC5)cc4)CC3)cc12. The fourth-order valence-corrected chi connectivity index (χ4v) is 5.30. The van der Waals surface area contributed by atoms with Gasteiger partial charge in [-0.05, 0) is 67.6 Å². The van der Waals surface area contributed by atoms with Crippen LogP contribution in [0, 0.1) is 12.8 Å². The summed E-state index contributed by atoms with van der Waals surface area (Å²) in [6.07, 6.45) is -0.930. The summed E-state index contributed by atoms with van der Waals surface area (Å²) in [6.45, 7) is 5.48. The number of hydrogen-bond acceptors (Lipinski definition) is 5. The van der Waals surface area contributed by atoms with Crippen LogP contribution in [0.15, 0.2) is 42.6 Å². The maximum atomic E-state index is 13.1. The molecular weight excluding hydrogens is 511 g/mol. The zero-order chi connectivity index (χ0) is 27.6. The van der Waals surface area contributed by atoms with Gasteiger partial charge >= 0.3 is 6.18 Å². The zero-order valence-corrected chi connectivity index (χ0v) is 21.8. The zero-order valence-electron chi connectivity index (χ0n) is 21.8. The molecule has 0 radical (unpaired) electrons. The lowest BCUT2D eigenvalue weighted by molar-refractivity contribution is -0.123. The molecular formula is C28H32F3N5O3. The van der Waals surface area contributed by atoms with Crippen molar-refractivity contribution in [2.24, 2.45) is 5.92 Å². The Bertz CT molecular complexity index is 1320. The van der Waals surface area contributed by atoms with Crippen molar-refractivity contribution in [3.63, 3.8) is 0 Å². The van der Waals surface area contributed by atoms with Gasteiger partial charge < -0.3 is 19.9 Å². The summed E-state index contributed by atoms with van der Waals surface area (Å²) in [5.41, 5.74) is 3.28. The molecule has 8 nitrogen and oxygen atoms in total. The van der Waals surface area contributed by atoms with Crippen molar-refractivity contribution in [2.75, 3.05) is 50.8 Å². The van der Waals surface area contributed by atoms with Crippen LogP contribution in [0.4, 0.5) is 18.9 Å². The van der Waals surface area contributed by atoms with Crippen molar-refractivity contribution in [1.29, 1.82) is 0 Å². The fourth-order valence-electron chi connectivity index (χ4n) is 5.30. The Kier molecular flexibility index (Phi) is 7.79. The second-order valence-corrected chi connectivity index (χ2v) is 10.2. The summed E-state index contributed by atoms with van der Waals surface area (Å²) in [5.74, 6) is -0.382. The Morgan fingerprint density at radius 3 is 2.38 bits per heavy atom. The highest BCUT2D eigenvalue weighted by molar-refractivity contribution is 6.00. The molecule has 0 aliphatic carbocycles. The van der Waals surface area contributed by atoms with Crippen molar-refractivity contribution < 1.29 is 27.5 Å². The lowest BCUT2D eigenvalue weighted by atomic mass is 9.96. The van der Waals surface area contributed by atoms with E-state index in [4.69, 9.17) is 4.74 Å². The predicted octanol–water partition coefficient (Wildman–Crippen LogP) is 4.03. The molecule has 0 bridgehead atoms. The molecule has 2 fully saturated rings. The third-order valence-electron chi connectivity index (χ3n) is 7.54. The highest BCUT2D eigenvalue weighted by Crippen LogP contribution is 2.25. The van der Waals surface area contributed by atoms with Crippen LogP contribution in [0.5, 0.6) is 0 Å². The van der Waals surface area contributed by atoms with Crippen molar-refractivity contribution in [3.8, 4) is 0 Å². The number of carbonyl (C=O) groups excluding carboxylic acids is 2. The summed E-state index contributed by atoms with van der Waals surface area (Å²) in [7, 11) is 0. The molecule has 2 aliphatic heterocycles. The Labute approximate surface area is 224 Å². The maximum Gasteiger partial charge on any atom is 0.405 e. The number of hydrogen-bond donors (Lipinski definition) is 1. The molecule has 3 heterocycles. The quantitative estimate of drug-likeness (QED) is 0.508. The van der Waals surface area contributed by atoms with Gasteiger partial charge in [0.15, 0.2) is 0 Å². The van der Waals surface area contributed by atoms with E-state index in [-0.39, 0.29) is 11.5 Å². The van der Waals surface area contributed by atoms with Gasteiger partial charge in [0.1, 0.15) is 6.54 Å². The van der Waals surface area contributed by atoms with E-state index < -0.39 is 18.6 Å². The molecule has 2 amide bonds. The van der Waals surface area contributed by atoms with Crippen LogP contribution < -0.4 is 10.2 Å². The molecule has 0 spiro atoms. The number of likely N-dealkylation sites (tertiary alicyclic amines) is 1. The summed E-state index contributed by atoms with van der Waals surface area (Å²) >= 11 is 0. The summed E-state index contributed by atoms with van der Waals surface area (Å²) < 4.78 is 44.7. The average Bonchev–Trinajstić information content (AvgIpc) is 3.35. The number of nitrogens with zero attached hydrogens (tertiary/aromatic N) is 4. The third-order valence-corrected chi connectivity index (χ3v) is 7.54. The third kappa shape index (κ3) is 6.35. The fraction of sp³-hybridized carbons (Fsp3) is 0.464. The van der Waals surface area contributed by atoms with E-state index in [1.54, 1.807) is 13.0 Å². The number of piperidine rings is 1. The molecule has 5 rings (SSSR count). The van der Waals surface area contributed by atoms with Gasteiger partial charge in [0.05, 0.1) is 18.7 Å². The standard InChI is InChI=1S/C28H32F3N5O3/c1-19-23(26(37)32-18-28(29,30)31)6-7-25-24(19)17-36(33-25)16-20-8-10-35(11-9-20)27(38)21-2-4-22(5-3-21)34-12-14-39-15-13-34/h2-7,17,20H,8-16,18H2,1H3,(H,32,37). The molecule has 0 saturated carbocycles. The molecule has 1 aromatic heterocycles. The van der Waals surface area contributed by atoms with Crippen LogP contribution in [-0.2, 0) is 11.3 Å². The Hall–Kier alpha value is -3.60. The number of fused-ring (bicyclic) bond motifs is 1. The lowest BCUT2D eigenvalue weighted by Crippen LogP contribution is -2.39. The van der Waals surface area contributed by atoms with Gasteiger partial charge in [-0.15, -0.1) is 0 Å². The normalized spacial score (nSPS) is 17.0. The minimum Gasteiger partial charge on any atom is -0.378 e. The molecule has 0 unspecified atom stereocenters. The molecule has 3 aromatic rings. The Balaban J connectivity index is 1.16. The molecule has 0 atom stereocenters. The van der Waals surface area contributed by atoms with Gasteiger partial charge in [-0.3, -0.25) is 14.3 Å². The number of rotatable bonds is 6. The van der Waals surface area contributed by atoms with Crippen LogP contribution in [0.25, 0.3) is 10.9 Å². The number of carbonyl (C=O) groups is 2. The van der Waals surface area contributed by atoms with Crippen molar-refractivity contribution in [1.82, 2.24) is 20.0 Å². The number of aryl methyl sites for hydroxylation is 1. The first-order chi connectivity index (χ1) is 18.7. The van der Waals surface area contributed by atoms with E-state index in [9.17, 15) is 22.8 Å². The molecule has 39 heavy (non-hydrogen) atoms. The van der Waals surface area contributed by atoms with Crippen LogP contribution in [0.3, 0.4) is 0 Å². The maximum absolute atomic E-state index is 13.1. The molecule has 2 aromatic carbocycles. The number of ether oxygens (including phenoxy) is 1. The first kappa shape index (κ1) is 27.0. The number of halogens is 3. The first-order valence-electron chi connectivity index (χ1n) is 13.2. The van der Waals surface area contributed by atoms with Crippen molar-refractivity contribution in [3.05, 3.63) is 59.3 Å². The number of morpholine rings is 1. The molecule has 2 saturated heterocycles. The number of anilines is 1. The number of alkyl halides is 3. The van der Waals surface area contributed by atoms with Gasteiger partial charge in [0.25, 0.3) is 11.8 Å². The summed E-state index contributed by atoms with van der Waals surface area (Å²) in [5, 5.41) is 7.28. The monoisotopic (exact) mass is 543 g/mol. The second kappa shape index (κ2) is 11.3. The van der Waals surface area contributed by atoms with Gasteiger partial charge in [-0.25, -0.2) is 0 Å². The van der Waals surface area contributed by atoms with Crippen LogP contribution in [0.2, 0.25) is 0 Å². The smallest absolute Gasteiger partial charge is 0.378 e. The molecule has 2 aliphatic rings. The largest absolute Gasteiger partial charge is 0.405 e. The number of amides is 2. The minimum absolute atomic E-state index is 0.0405. The highest BCUT2D eigenvalue weighted by atomic mass is 19.4. The van der Waals surface area contributed by atoms with E-state index in [1.807, 2.05) is 45.4 Å². The number of nitrogens with one attached hydrogen (secondary N) is 1. The lowest BCUT2D eigenvalue weighted by Gasteiger charge is -2.32. The van der Waals surface area contributed by atoms with Crippen molar-refractivity contribution in [2.45, 2.75) is 32.5 Å². The predicted molar refractivity (Wildman–Crippen MR) is 141 cm³/mol. The van der Waals surface area contributed by atoms with E-state index in [0.29, 0.717) is 55.4 Å². The van der Waals surface area contributed by atoms with Crippen LogP contribution in [0.1, 0.15) is 39.1 Å². The summed E-state index contributed by atoms with van der Waals surface area (Å²) in [6, 6.07) is 11.0. The van der Waals surface area contributed by atoms with Gasteiger partial charge in [0.2, 0.25) is 0 Å². The minimum atomic E-state index is -4.47. The topological polar surface area (TPSA) is 79.7 Å². The van der Waals surface area contributed by atoms with Crippen LogP contribution in [-0.4, -0.2) is 78.6 Å². The van der Waals surface area contributed by atoms with Gasteiger partial charge in [-0.1, -0.05) is 0 Å². The first-order valence-corrected chi connectivity index (χ1v) is 13.2. The van der Waals surface area contributed by atoms with E-state index in [0.717, 1.165) is 37.0 Å².